The third kappa shape index (κ3) is 2.25. The fraction of sp³-hybridized carbons (Fsp3) is 0.400. The molecule has 0 radical (unpaired) electrons. The standard InChI is InChI=1S/C15H16FNOS/c1-10-5-2-3-8-17(10)15(18)14-9-11-12(16)6-4-7-13(11)19-14/h4,6-7,9-10H,2-3,5,8H2,1H3. The molecule has 0 saturated carbocycles. The van der Waals surface area contributed by atoms with E-state index in [0.29, 0.717) is 10.3 Å². The van der Waals surface area contributed by atoms with Gasteiger partial charge in [0.2, 0.25) is 0 Å². The van der Waals surface area contributed by atoms with Gasteiger partial charge in [-0.25, -0.2) is 4.39 Å². The lowest BCUT2D eigenvalue weighted by Crippen LogP contribution is -2.41. The Kier molecular flexibility index (Phi) is 3.27. The highest BCUT2D eigenvalue weighted by molar-refractivity contribution is 7.20. The molecule has 4 heteroatoms. The number of amides is 1. The van der Waals surface area contributed by atoms with Crippen molar-refractivity contribution < 1.29 is 9.18 Å². The van der Waals surface area contributed by atoms with Crippen molar-refractivity contribution in [3.8, 4) is 0 Å². The number of carbonyl (C=O) groups excluding carboxylic acids is 1. The molecule has 1 aromatic heterocycles. The molecule has 1 aromatic carbocycles. The summed E-state index contributed by atoms with van der Waals surface area (Å²) in [5.74, 6) is -0.202. The summed E-state index contributed by atoms with van der Waals surface area (Å²) in [5.41, 5.74) is 0. The number of carbonyl (C=O) groups is 1. The first-order valence-corrected chi connectivity index (χ1v) is 7.47. The molecule has 1 amide bonds. The third-order valence-electron chi connectivity index (χ3n) is 3.78. The normalized spacial score (nSPS) is 19.9. The van der Waals surface area contributed by atoms with E-state index in [-0.39, 0.29) is 17.8 Å². The van der Waals surface area contributed by atoms with Gasteiger partial charge in [-0.15, -0.1) is 11.3 Å². The van der Waals surface area contributed by atoms with Crippen molar-refractivity contribution in [2.24, 2.45) is 0 Å². The van der Waals surface area contributed by atoms with Crippen molar-refractivity contribution in [1.29, 1.82) is 0 Å². The number of fused-ring (bicyclic) bond motifs is 1. The van der Waals surface area contributed by atoms with E-state index >= 15 is 0 Å². The van der Waals surface area contributed by atoms with E-state index in [2.05, 4.69) is 6.92 Å². The van der Waals surface area contributed by atoms with E-state index in [9.17, 15) is 9.18 Å². The van der Waals surface area contributed by atoms with Crippen LogP contribution in [0.2, 0.25) is 0 Å². The first kappa shape index (κ1) is 12.6. The molecule has 2 aromatic rings. The summed E-state index contributed by atoms with van der Waals surface area (Å²) >= 11 is 1.38. The first-order chi connectivity index (χ1) is 9.16. The number of hydrogen-bond donors (Lipinski definition) is 0. The number of benzene rings is 1. The average Bonchev–Trinajstić information content (AvgIpc) is 2.84. The quantitative estimate of drug-likeness (QED) is 0.770. The predicted octanol–water partition coefficient (Wildman–Crippen LogP) is 4.06. The Morgan fingerprint density at radius 2 is 2.26 bits per heavy atom. The van der Waals surface area contributed by atoms with Crippen LogP contribution >= 0.6 is 11.3 Å². The van der Waals surface area contributed by atoms with Gasteiger partial charge in [-0.1, -0.05) is 6.07 Å². The van der Waals surface area contributed by atoms with Gasteiger partial charge in [0.1, 0.15) is 5.82 Å². The Bertz CT molecular complexity index is 622. The van der Waals surface area contributed by atoms with E-state index in [1.54, 1.807) is 12.1 Å². The van der Waals surface area contributed by atoms with Crippen LogP contribution < -0.4 is 0 Å². The third-order valence-corrected chi connectivity index (χ3v) is 4.87. The SMILES string of the molecule is CC1CCCCN1C(=O)c1cc2c(F)cccc2s1. The van der Waals surface area contributed by atoms with Crippen LogP contribution in [-0.4, -0.2) is 23.4 Å². The van der Waals surface area contributed by atoms with Crippen LogP contribution in [0.15, 0.2) is 24.3 Å². The Labute approximate surface area is 115 Å². The van der Waals surface area contributed by atoms with Gasteiger partial charge in [-0.2, -0.15) is 0 Å². The number of halogens is 1. The van der Waals surface area contributed by atoms with Gasteiger partial charge < -0.3 is 4.90 Å². The molecule has 100 valence electrons. The molecule has 3 rings (SSSR count). The molecule has 2 nitrogen and oxygen atoms in total. The lowest BCUT2D eigenvalue weighted by Gasteiger charge is -2.33. The van der Waals surface area contributed by atoms with Crippen molar-refractivity contribution in [3.05, 3.63) is 35.0 Å². The van der Waals surface area contributed by atoms with Gasteiger partial charge in [0, 0.05) is 22.7 Å². The minimum atomic E-state index is -0.250. The molecular formula is C15H16FNOS. The molecule has 1 aliphatic rings. The van der Waals surface area contributed by atoms with Crippen LogP contribution in [0.1, 0.15) is 35.9 Å². The summed E-state index contributed by atoms with van der Waals surface area (Å²) in [4.78, 5) is 15.1. The molecule has 0 bridgehead atoms. The van der Waals surface area contributed by atoms with Gasteiger partial charge in [-0.3, -0.25) is 4.79 Å². The Morgan fingerprint density at radius 1 is 1.42 bits per heavy atom. The molecule has 0 aliphatic carbocycles. The van der Waals surface area contributed by atoms with Gasteiger partial charge in [0.15, 0.2) is 0 Å². The number of likely N-dealkylation sites (tertiary alicyclic amines) is 1. The van der Waals surface area contributed by atoms with Gasteiger partial charge >= 0.3 is 0 Å². The summed E-state index contributed by atoms with van der Waals surface area (Å²) in [7, 11) is 0. The van der Waals surface area contributed by atoms with E-state index in [1.807, 2.05) is 11.0 Å². The van der Waals surface area contributed by atoms with Crippen molar-refractivity contribution in [3.63, 3.8) is 0 Å². The van der Waals surface area contributed by atoms with Crippen LogP contribution in [0.4, 0.5) is 4.39 Å². The van der Waals surface area contributed by atoms with Gasteiger partial charge in [0.25, 0.3) is 5.91 Å². The largest absolute Gasteiger partial charge is 0.335 e. The molecule has 0 spiro atoms. The second-order valence-electron chi connectivity index (χ2n) is 5.11. The summed E-state index contributed by atoms with van der Waals surface area (Å²) in [6, 6.07) is 6.97. The van der Waals surface area contributed by atoms with Crippen molar-refractivity contribution in [1.82, 2.24) is 4.90 Å². The number of thiophene rings is 1. The van der Waals surface area contributed by atoms with Crippen molar-refractivity contribution >= 4 is 27.3 Å². The van der Waals surface area contributed by atoms with E-state index < -0.39 is 0 Å². The fourth-order valence-corrected chi connectivity index (χ4v) is 3.70. The molecule has 2 heterocycles. The van der Waals surface area contributed by atoms with Gasteiger partial charge in [0.05, 0.1) is 4.88 Å². The summed E-state index contributed by atoms with van der Waals surface area (Å²) in [6.45, 7) is 2.90. The predicted molar refractivity (Wildman–Crippen MR) is 76.1 cm³/mol. The molecule has 19 heavy (non-hydrogen) atoms. The second-order valence-corrected chi connectivity index (χ2v) is 6.19. The first-order valence-electron chi connectivity index (χ1n) is 6.66. The van der Waals surface area contributed by atoms with Crippen LogP contribution in [0.3, 0.4) is 0 Å². The highest BCUT2D eigenvalue weighted by Crippen LogP contribution is 2.30. The second kappa shape index (κ2) is 4.93. The maximum Gasteiger partial charge on any atom is 0.264 e. The van der Waals surface area contributed by atoms with Crippen LogP contribution in [0, 0.1) is 5.82 Å². The zero-order valence-corrected chi connectivity index (χ0v) is 11.7. The highest BCUT2D eigenvalue weighted by Gasteiger charge is 2.25. The summed E-state index contributed by atoms with van der Waals surface area (Å²) in [5, 5.41) is 0.556. The average molecular weight is 277 g/mol. The van der Waals surface area contributed by atoms with E-state index in [1.165, 1.54) is 23.8 Å². The Hall–Kier alpha value is -1.42. The molecule has 0 N–H and O–H groups in total. The summed E-state index contributed by atoms with van der Waals surface area (Å²) in [6.07, 6.45) is 3.31. The lowest BCUT2D eigenvalue weighted by molar-refractivity contribution is 0.0641. The molecule has 1 atom stereocenters. The number of nitrogens with zero attached hydrogens (tertiary/aromatic N) is 1. The minimum Gasteiger partial charge on any atom is -0.335 e. The topological polar surface area (TPSA) is 20.3 Å². The van der Waals surface area contributed by atoms with Crippen LogP contribution in [0.5, 0.6) is 0 Å². The molecular weight excluding hydrogens is 261 g/mol. The van der Waals surface area contributed by atoms with E-state index in [4.69, 9.17) is 0 Å². The molecule has 1 unspecified atom stereocenters. The number of rotatable bonds is 1. The highest BCUT2D eigenvalue weighted by atomic mass is 32.1. The molecule has 1 aliphatic heterocycles. The van der Waals surface area contributed by atoms with Crippen LogP contribution in [-0.2, 0) is 0 Å². The fourth-order valence-electron chi connectivity index (χ4n) is 2.67. The Balaban J connectivity index is 1.95. The Morgan fingerprint density at radius 3 is 3.00 bits per heavy atom. The number of hydrogen-bond acceptors (Lipinski definition) is 2. The van der Waals surface area contributed by atoms with Crippen LogP contribution in [0.25, 0.3) is 10.1 Å². The minimum absolute atomic E-state index is 0.0489. The monoisotopic (exact) mass is 277 g/mol. The molecule has 1 saturated heterocycles. The van der Waals surface area contributed by atoms with E-state index in [0.717, 1.165) is 24.1 Å². The zero-order valence-electron chi connectivity index (χ0n) is 10.9. The summed E-state index contributed by atoms with van der Waals surface area (Å²) < 4.78 is 14.5. The number of piperidine rings is 1. The lowest BCUT2D eigenvalue weighted by atomic mass is 10.0. The van der Waals surface area contributed by atoms with Gasteiger partial charge in [-0.05, 0) is 44.4 Å². The van der Waals surface area contributed by atoms with Crippen molar-refractivity contribution in [2.45, 2.75) is 32.2 Å². The smallest absolute Gasteiger partial charge is 0.264 e. The zero-order chi connectivity index (χ0) is 13.4. The van der Waals surface area contributed by atoms with Crippen molar-refractivity contribution in [2.75, 3.05) is 6.54 Å². The molecule has 1 fully saturated rings. The maximum absolute atomic E-state index is 13.7. The maximum atomic E-state index is 13.7.